The average Bonchev–Trinajstić information content (AvgIpc) is 1.66. The largest absolute Gasteiger partial charge is 0.342 e. The molecular formula is C76H59ClF3N21O8S. The van der Waals surface area contributed by atoms with Crippen molar-refractivity contribution in [2.45, 2.75) is 20.8 Å². The van der Waals surface area contributed by atoms with Crippen LogP contribution in [0.5, 0.6) is 0 Å². The van der Waals surface area contributed by atoms with Gasteiger partial charge in [0.1, 0.15) is 50.7 Å². The van der Waals surface area contributed by atoms with Crippen LogP contribution in [0.2, 0.25) is 5.02 Å². The van der Waals surface area contributed by atoms with E-state index in [9.17, 15) is 32.3 Å². The third-order valence-corrected chi connectivity index (χ3v) is 17.6. The minimum Gasteiger partial charge on any atom is -0.342 e. The van der Waals surface area contributed by atoms with Crippen molar-refractivity contribution in [3.8, 4) is 91.1 Å². The number of nitrogens with zero attached hydrogens (tertiary/aromatic N) is 17. The highest BCUT2D eigenvalue weighted by Gasteiger charge is 2.22. The van der Waals surface area contributed by atoms with E-state index in [-0.39, 0.29) is 17.4 Å². The SMILES string of the molecule is Cc1nc(-c2cc(-c3ccc(NC(=O)c4c(F)cccc4F)cc3)n(C)n2)no1.Cc1nc(-c2cc(-c3ccc(NC(=O)c4ccccc4F)cc3)n(C)n2)no1.Cc1ncsc1C(=O)Nc1ccc(-c2cc(-c3ncon3)nn2C)cc1.Cn1nc(-c2ncon2)cc1-c1ccc(NC(=O)c2ccccc2Cl)cc1. The Kier molecular flexibility index (Phi) is 22.1. The molecule has 0 aliphatic rings. The highest BCUT2D eigenvalue weighted by atomic mass is 35.5. The molecule has 16 aromatic rings. The first kappa shape index (κ1) is 73.8. The summed E-state index contributed by atoms with van der Waals surface area (Å²) in [6.07, 6.45) is 2.53. The molecule has 110 heavy (non-hydrogen) atoms. The van der Waals surface area contributed by atoms with Crippen LogP contribution in [0, 0.1) is 38.2 Å². The molecule has 0 radical (unpaired) electrons. The summed E-state index contributed by atoms with van der Waals surface area (Å²) in [6.45, 7) is 5.23. The van der Waals surface area contributed by atoms with Crippen molar-refractivity contribution in [2.75, 3.05) is 21.3 Å². The van der Waals surface area contributed by atoms with E-state index in [1.807, 2.05) is 113 Å². The molecule has 0 aliphatic heterocycles. The average molecular weight is 1520 g/mol. The molecule has 4 N–H and O–H groups in total. The van der Waals surface area contributed by atoms with Gasteiger partial charge in [-0.25, -0.2) is 18.2 Å². The summed E-state index contributed by atoms with van der Waals surface area (Å²) >= 11 is 7.39. The van der Waals surface area contributed by atoms with Crippen LogP contribution in [0.15, 0.2) is 224 Å². The van der Waals surface area contributed by atoms with Gasteiger partial charge in [-0.05, 0) is 138 Å². The maximum absolute atomic E-state index is 13.7. The Labute approximate surface area is 630 Å². The van der Waals surface area contributed by atoms with Gasteiger partial charge >= 0.3 is 0 Å². The van der Waals surface area contributed by atoms with E-state index in [4.69, 9.17) is 29.7 Å². The summed E-state index contributed by atoms with van der Waals surface area (Å²) in [5.41, 5.74) is 14.0. The summed E-state index contributed by atoms with van der Waals surface area (Å²) in [7, 11) is 7.29. The zero-order valence-corrected chi connectivity index (χ0v) is 60.5. The fourth-order valence-corrected chi connectivity index (χ4v) is 11.9. The first-order valence-electron chi connectivity index (χ1n) is 33.0. The Morgan fingerprint density at radius 1 is 0.400 bits per heavy atom. The molecule has 29 nitrogen and oxygen atoms in total. The molecule has 7 aromatic carbocycles. The van der Waals surface area contributed by atoms with Crippen LogP contribution < -0.4 is 21.3 Å². The third kappa shape index (κ3) is 17.2. The van der Waals surface area contributed by atoms with E-state index < -0.39 is 34.8 Å². The summed E-state index contributed by atoms with van der Waals surface area (Å²) in [4.78, 5) is 70.1. The molecule has 4 amide bonds. The van der Waals surface area contributed by atoms with Crippen LogP contribution in [0.3, 0.4) is 0 Å². The van der Waals surface area contributed by atoms with Crippen molar-refractivity contribution in [3.05, 3.63) is 268 Å². The highest BCUT2D eigenvalue weighted by molar-refractivity contribution is 7.12. The van der Waals surface area contributed by atoms with Crippen LogP contribution in [-0.4, -0.2) is 108 Å². The summed E-state index contributed by atoms with van der Waals surface area (Å²) in [6, 6.07) is 52.5. The standard InChI is InChI=1S/C20H15F2N5O2.C20H16FN5O2.C19H14ClN5O2.C17H14N6O2S/c1-11-23-19(26-29-11)16-10-17(27(2)25-16)12-6-8-13(9-7-12)24-20(28)18-14(21)4-3-5-15(18)22;1-12-22-19(25-28-12)17-11-18(26(2)24-17)13-7-9-14(10-8-13)23-20(27)15-5-3-4-6-16(15)21;1-25-17(10-16(23-25)18-21-11-27-24-18)12-6-8-13(9-7-12)22-19(26)14-4-2-3-5-15(14)20;1-10-15(26-9-19-10)17(24)20-12-5-3-11(4-6-12)14-7-13(21-23(14)2)16-18-8-25-22-16/h3-10H,1-2H3,(H,24,28);3-11H,1-2H3,(H,23,27);2-11H,1H3,(H,22,26);3-9H,1-2H3,(H,20,24). The molecule has 0 saturated carbocycles. The van der Waals surface area contributed by atoms with E-state index in [1.165, 1.54) is 42.3 Å². The molecule has 0 fully saturated rings. The minimum absolute atomic E-state index is 0.00161. The molecule has 34 heteroatoms. The molecule has 0 saturated heterocycles. The van der Waals surface area contributed by atoms with Crippen molar-refractivity contribution >= 4 is 69.3 Å². The van der Waals surface area contributed by atoms with Crippen LogP contribution in [-0.2, 0) is 28.2 Å². The molecule has 550 valence electrons. The number of amides is 4. The predicted octanol–water partition coefficient (Wildman–Crippen LogP) is 15.0. The molecule has 16 rings (SSSR count). The summed E-state index contributed by atoms with van der Waals surface area (Å²) < 4.78 is 67.6. The topological polar surface area (TPSA) is 356 Å². The van der Waals surface area contributed by atoms with Gasteiger partial charge in [0, 0.05) is 64.8 Å². The molecule has 0 unspecified atom stereocenters. The van der Waals surface area contributed by atoms with Crippen LogP contribution in [0.1, 0.15) is 58.2 Å². The quantitative estimate of drug-likeness (QED) is 0.0698. The number of nitrogens with one attached hydrogen (secondary N) is 4. The number of thiazole rings is 1. The molecule has 0 spiro atoms. The van der Waals surface area contributed by atoms with E-state index in [0.29, 0.717) is 96.1 Å². The fraction of sp³-hybridized carbons (Fsp3) is 0.0921. The number of carbonyl (C=O) groups excluding carboxylic acids is 4. The lowest BCUT2D eigenvalue weighted by atomic mass is 10.1. The fourth-order valence-electron chi connectivity index (χ4n) is 11.0. The lowest BCUT2D eigenvalue weighted by Crippen LogP contribution is -2.15. The van der Waals surface area contributed by atoms with Crippen LogP contribution in [0.25, 0.3) is 91.1 Å². The first-order chi connectivity index (χ1) is 53.2. The van der Waals surface area contributed by atoms with Crippen LogP contribution >= 0.6 is 22.9 Å². The zero-order valence-electron chi connectivity index (χ0n) is 58.9. The van der Waals surface area contributed by atoms with Crippen LogP contribution in [0.4, 0.5) is 35.9 Å². The van der Waals surface area contributed by atoms with Crippen molar-refractivity contribution in [1.29, 1.82) is 0 Å². The summed E-state index contributed by atoms with van der Waals surface area (Å²) in [5.74, 6) is -1.57. The van der Waals surface area contributed by atoms with E-state index >= 15 is 0 Å². The molecular weight excluding hydrogens is 1460 g/mol. The van der Waals surface area contributed by atoms with E-state index in [1.54, 1.807) is 118 Å². The number of hydrogen-bond donors (Lipinski definition) is 4. The van der Waals surface area contributed by atoms with Gasteiger partial charge in [0.05, 0.1) is 50.1 Å². The van der Waals surface area contributed by atoms with Crippen molar-refractivity contribution < 1.29 is 50.4 Å². The Morgan fingerprint density at radius 2 is 0.755 bits per heavy atom. The third-order valence-electron chi connectivity index (χ3n) is 16.3. The lowest BCUT2D eigenvalue weighted by molar-refractivity contribution is 0.101. The number of carbonyl (C=O) groups is 4. The maximum Gasteiger partial charge on any atom is 0.267 e. The Morgan fingerprint density at radius 3 is 1.11 bits per heavy atom. The molecule has 9 heterocycles. The number of rotatable bonds is 16. The second kappa shape index (κ2) is 32.9. The first-order valence-corrected chi connectivity index (χ1v) is 34.2. The molecule has 0 atom stereocenters. The van der Waals surface area contributed by atoms with Gasteiger partial charge in [0.25, 0.3) is 23.6 Å². The van der Waals surface area contributed by atoms with Gasteiger partial charge < -0.3 is 39.4 Å². The predicted molar refractivity (Wildman–Crippen MR) is 400 cm³/mol. The number of aryl methyl sites for hydroxylation is 7. The van der Waals surface area contributed by atoms with Crippen molar-refractivity contribution in [2.24, 2.45) is 28.2 Å². The number of hydrogen-bond acceptors (Lipinski definition) is 22. The van der Waals surface area contributed by atoms with Gasteiger partial charge in [-0.3, -0.25) is 37.9 Å². The molecule has 9 aromatic heterocycles. The normalized spacial score (nSPS) is 10.8. The Hall–Kier alpha value is -14.5. The monoisotopic (exact) mass is 1520 g/mol. The second-order valence-corrected chi connectivity index (χ2v) is 25.1. The molecule has 0 aliphatic carbocycles. The van der Waals surface area contributed by atoms with Gasteiger partial charge in [-0.2, -0.15) is 40.3 Å². The zero-order chi connectivity index (χ0) is 77.1. The summed E-state index contributed by atoms with van der Waals surface area (Å²) in [5, 5.41) is 44.2. The van der Waals surface area contributed by atoms with Gasteiger partial charge in [0.2, 0.25) is 47.9 Å². The van der Waals surface area contributed by atoms with Crippen molar-refractivity contribution in [3.63, 3.8) is 0 Å². The highest BCUT2D eigenvalue weighted by Crippen LogP contribution is 2.32. The number of benzene rings is 7. The number of aromatic nitrogens is 17. The second-order valence-electron chi connectivity index (χ2n) is 23.9. The smallest absolute Gasteiger partial charge is 0.267 e. The lowest BCUT2D eigenvalue weighted by Gasteiger charge is -2.08. The van der Waals surface area contributed by atoms with E-state index in [2.05, 4.69) is 87.2 Å². The maximum atomic E-state index is 13.7. The number of halogens is 4. The Bertz CT molecular complexity index is 5920. The minimum atomic E-state index is -0.918. The Balaban J connectivity index is 0.000000129. The molecule has 0 bridgehead atoms. The van der Waals surface area contributed by atoms with E-state index in [0.717, 1.165) is 62.9 Å². The number of anilines is 4. The van der Waals surface area contributed by atoms with Crippen molar-refractivity contribution in [1.82, 2.24) is 84.7 Å². The van der Waals surface area contributed by atoms with Gasteiger partial charge in [-0.1, -0.05) is 111 Å². The van der Waals surface area contributed by atoms with Gasteiger partial charge in [0.15, 0.2) is 0 Å². The van der Waals surface area contributed by atoms with Gasteiger partial charge in [-0.15, -0.1) is 11.3 Å².